The second-order valence-electron chi connectivity index (χ2n) is 4.21. The summed E-state index contributed by atoms with van der Waals surface area (Å²) in [5.74, 6) is -3.42. The lowest BCUT2D eigenvalue weighted by atomic mass is 10.2. The molecule has 0 saturated carbocycles. The highest BCUT2D eigenvalue weighted by Gasteiger charge is 2.11. The molecule has 0 atom stereocenters. The number of carboxylic acids is 2. The first-order valence-corrected chi connectivity index (χ1v) is 5.93. The van der Waals surface area contributed by atoms with Crippen LogP contribution >= 0.6 is 0 Å². The first-order valence-electron chi connectivity index (χ1n) is 5.93. The molecule has 0 amide bonds. The van der Waals surface area contributed by atoms with Gasteiger partial charge in [-0.2, -0.15) is 10.2 Å². The normalized spacial score (nSPS) is 10.7. The van der Waals surface area contributed by atoms with Gasteiger partial charge in [-0.1, -0.05) is 0 Å². The summed E-state index contributed by atoms with van der Waals surface area (Å²) in [4.78, 5) is 21.8. The smallest absolute Gasteiger partial charge is 0.339 e. The lowest BCUT2D eigenvalue weighted by Gasteiger charge is -2.01. The van der Waals surface area contributed by atoms with Crippen LogP contribution in [0.4, 0.5) is 11.4 Å². The Hall–Kier alpha value is -3.42. The zero-order valence-electron chi connectivity index (χ0n) is 11.0. The minimum absolute atomic E-state index is 0.167. The van der Waals surface area contributed by atoms with E-state index in [0.29, 0.717) is 0 Å². The first kappa shape index (κ1) is 15.0. The molecule has 0 aliphatic rings. The largest absolute Gasteiger partial charge is 0.507 e. The molecule has 8 heteroatoms. The average Bonchev–Trinajstić information content (AvgIpc) is 2.47. The van der Waals surface area contributed by atoms with Crippen LogP contribution in [0.5, 0.6) is 11.5 Å². The van der Waals surface area contributed by atoms with E-state index in [9.17, 15) is 19.8 Å². The molecule has 0 spiro atoms. The van der Waals surface area contributed by atoms with Crippen LogP contribution in [0.2, 0.25) is 0 Å². The van der Waals surface area contributed by atoms with Gasteiger partial charge in [-0.3, -0.25) is 0 Å². The maximum Gasteiger partial charge on any atom is 0.339 e. The van der Waals surface area contributed by atoms with Crippen molar-refractivity contribution >= 4 is 23.3 Å². The summed E-state index contributed by atoms with van der Waals surface area (Å²) in [5, 5.41) is 44.0. The van der Waals surface area contributed by atoms with Crippen LogP contribution in [-0.4, -0.2) is 32.4 Å². The highest BCUT2D eigenvalue weighted by molar-refractivity contribution is 5.92. The van der Waals surface area contributed by atoms with Gasteiger partial charge < -0.3 is 20.4 Å². The average molecular weight is 302 g/mol. The van der Waals surface area contributed by atoms with Gasteiger partial charge in [-0.15, -0.1) is 0 Å². The number of phenols is 2. The van der Waals surface area contributed by atoms with Crippen molar-refractivity contribution in [3.63, 3.8) is 0 Å². The Balaban J connectivity index is 2.33. The molecule has 112 valence electrons. The minimum atomic E-state index is -1.31. The van der Waals surface area contributed by atoms with Gasteiger partial charge in [0.1, 0.15) is 22.6 Å². The van der Waals surface area contributed by atoms with Crippen molar-refractivity contribution in [3.05, 3.63) is 47.5 Å². The maximum absolute atomic E-state index is 10.9. The van der Waals surface area contributed by atoms with Crippen molar-refractivity contribution in [1.29, 1.82) is 0 Å². The third kappa shape index (κ3) is 3.18. The molecule has 0 radical (unpaired) electrons. The molecule has 0 bridgehead atoms. The topological polar surface area (TPSA) is 140 Å². The van der Waals surface area contributed by atoms with Crippen molar-refractivity contribution in [2.45, 2.75) is 0 Å². The van der Waals surface area contributed by atoms with Crippen LogP contribution in [0.15, 0.2) is 46.6 Å². The Kier molecular flexibility index (Phi) is 4.03. The number of rotatable bonds is 4. The van der Waals surface area contributed by atoms with Crippen LogP contribution in [0.1, 0.15) is 20.7 Å². The predicted octanol–water partition coefficient (Wildman–Crippen LogP) is 2.91. The van der Waals surface area contributed by atoms with Gasteiger partial charge in [-0.05, 0) is 36.4 Å². The van der Waals surface area contributed by atoms with E-state index in [-0.39, 0.29) is 22.5 Å². The van der Waals surface area contributed by atoms with Crippen LogP contribution in [0, 0.1) is 0 Å². The summed E-state index contributed by atoms with van der Waals surface area (Å²) >= 11 is 0. The zero-order valence-corrected chi connectivity index (χ0v) is 11.0. The molecule has 0 aliphatic heterocycles. The van der Waals surface area contributed by atoms with Crippen LogP contribution < -0.4 is 0 Å². The molecule has 2 aromatic carbocycles. The molecule has 0 saturated heterocycles. The Bertz CT molecular complexity index is 719. The van der Waals surface area contributed by atoms with Crippen LogP contribution in [0.25, 0.3) is 0 Å². The summed E-state index contributed by atoms with van der Waals surface area (Å²) in [5.41, 5.74) is -0.318. The molecular weight excluding hydrogens is 292 g/mol. The van der Waals surface area contributed by atoms with E-state index in [1.165, 1.54) is 12.1 Å². The highest BCUT2D eigenvalue weighted by Crippen LogP contribution is 2.27. The molecule has 22 heavy (non-hydrogen) atoms. The third-order valence-corrected chi connectivity index (χ3v) is 2.70. The number of hydrogen-bond donors (Lipinski definition) is 4. The zero-order chi connectivity index (χ0) is 16.3. The molecule has 8 nitrogen and oxygen atoms in total. The summed E-state index contributed by atoms with van der Waals surface area (Å²) in [6.45, 7) is 0. The van der Waals surface area contributed by atoms with Gasteiger partial charge in [0, 0.05) is 0 Å². The molecule has 0 unspecified atom stereocenters. The predicted molar refractivity (Wildman–Crippen MR) is 74.3 cm³/mol. The summed E-state index contributed by atoms with van der Waals surface area (Å²) in [6, 6.07) is 7.28. The van der Waals surface area contributed by atoms with E-state index in [2.05, 4.69) is 10.2 Å². The summed E-state index contributed by atoms with van der Waals surface area (Å²) in [6.07, 6.45) is 0. The van der Waals surface area contributed by atoms with Gasteiger partial charge in [0.05, 0.1) is 11.4 Å². The Morgan fingerprint density at radius 2 is 1.09 bits per heavy atom. The number of aromatic carboxylic acids is 2. The van der Waals surface area contributed by atoms with Crippen LogP contribution in [-0.2, 0) is 0 Å². The molecule has 0 aromatic heterocycles. The summed E-state index contributed by atoms with van der Waals surface area (Å²) < 4.78 is 0. The first-order chi connectivity index (χ1) is 10.4. The van der Waals surface area contributed by atoms with Gasteiger partial charge >= 0.3 is 11.9 Å². The second kappa shape index (κ2) is 5.92. The fraction of sp³-hybridized carbons (Fsp3) is 0. The van der Waals surface area contributed by atoms with E-state index in [4.69, 9.17) is 10.2 Å². The lowest BCUT2D eigenvalue weighted by molar-refractivity contribution is 0.0682. The number of azo groups is 1. The summed E-state index contributed by atoms with van der Waals surface area (Å²) in [7, 11) is 0. The molecule has 2 rings (SSSR count). The quantitative estimate of drug-likeness (QED) is 0.640. The maximum atomic E-state index is 10.9. The number of aromatic hydroxyl groups is 2. The van der Waals surface area contributed by atoms with E-state index < -0.39 is 23.4 Å². The van der Waals surface area contributed by atoms with Gasteiger partial charge in [0.15, 0.2) is 0 Å². The van der Waals surface area contributed by atoms with Gasteiger partial charge in [0.2, 0.25) is 0 Å². The van der Waals surface area contributed by atoms with Crippen LogP contribution in [0.3, 0.4) is 0 Å². The van der Waals surface area contributed by atoms with Crippen molar-refractivity contribution < 1.29 is 30.0 Å². The Morgan fingerprint density at radius 3 is 1.41 bits per heavy atom. The SMILES string of the molecule is O=C(O)c1cc(/N=N\c2ccc(O)c(C(=O)O)c2)ccc1O. The fourth-order valence-corrected chi connectivity index (χ4v) is 1.63. The van der Waals surface area contributed by atoms with Crippen molar-refractivity contribution in [1.82, 2.24) is 0 Å². The third-order valence-electron chi connectivity index (χ3n) is 2.70. The van der Waals surface area contributed by atoms with E-state index in [1.807, 2.05) is 0 Å². The van der Waals surface area contributed by atoms with Gasteiger partial charge in [0.25, 0.3) is 0 Å². The van der Waals surface area contributed by atoms with Crippen molar-refractivity contribution in [2.75, 3.05) is 0 Å². The second-order valence-corrected chi connectivity index (χ2v) is 4.21. The molecule has 4 N–H and O–H groups in total. The molecule has 0 heterocycles. The molecule has 0 fully saturated rings. The van der Waals surface area contributed by atoms with Crippen molar-refractivity contribution in [3.8, 4) is 11.5 Å². The fourth-order valence-electron chi connectivity index (χ4n) is 1.63. The molecule has 2 aromatic rings. The number of carbonyl (C=O) groups is 2. The Morgan fingerprint density at radius 1 is 0.727 bits per heavy atom. The lowest BCUT2D eigenvalue weighted by Crippen LogP contribution is -1.96. The van der Waals surface area contributed by atoms with Crippen molar-refractivity contribution in [2.24, 2.45) is 10.2 Å². The molecule has 0 aliphatic carbocycles. The van der Waals surface area contributed by atoms with E-state index in [1.54, 1.807) is 0 Å². The number of carboxylic acid groups (broad SMARTS) is 2. The highest BCUT2D eigenvalue weighted by atomic mass is 16.4. The van der Waals surface area contributed by atoms with E-state index in [0.717, 1.165) is 24.3 Å². The molecular formula is C14H10N2O6. The van der Waals surface area contributed by atoms with Gasteiger partial charge in [-0.25, -0.2) is 9.59 Å². The monoisotopic (exact) mass is 302 g/mol. The number of nitrogens with zero attached hydrogens (tertiary/aromatic N) is 2. The number of hydrogen-bond acceptors (Lipinski definition) is 6. The standard InChI is InChI=1S/C14H10N2O6/c17-11-3-1-7(5-9(11)13(19)20)15-16-8-2-4-12(18)10(6-8)14(21)22/h1-6,17-18H,(H,19,20)(H,21,22)/b16-15-. The van der Waals surface area contributed by atoms with E-state index >= 15 is 0 Å². The number of benzene rings is 2. The minimum Gasteiger partial charge on any atom is -0.507 e. The Labute approximate surface area is 123 Å².